The number of benzene rings is 2. The fourth-order valence-corrected chi connectivity index (χ4v) is 3.69. The molecule has 0 unspecified atom stereocenters. The third-order valence-electron chi connectivity index (χ3n) is 4.28. The van der Waals surface area contributed by atoms with E-state index in [1.165, 1.54) is 13.2 Å². The number of rotatable bonds is 5. The number of aryl methyl sites for hydroxylation is 1. The number of amides is 3. The first-order valence-corrected chi connectivity index (χ1v) is 9.97. The lowest BCUT2D eigenvalue weighted by molar-refractivity contribution is -0.127. The monoisotopic (exact) mass is 444 g/mol. The Kier molecular flexibility index (Phi) is 6.59. The average Bonchev–Trinajstić information content (AvgIpc) is 2.98. The molecule has 2 aromatic rings. The van der Waals surface area contributed by atoms with Crippen LogP contribution in [0.3, 0.4) is 0 Å². The Labute approximate surface area is 182 Å². The van der Waals surface area contributed by atoms with Crippen LogP contribution in [0, 0.1) is 6.92 Å². The number of methoxy groups -OCH3 is 1. The largest absolute Gasteiger partial charge is 0.465 e. The van der Waals surface area contributed by atoms with Crippen molar-refractivity contribution in [3.63, 3.8) is 0 Å². The molecule has 1 fully saturated rings. The molecule has 0 atom stereocenters. The third kappa shape index (κ3) is 4.90. The van der Waals surface area contributed by atoms with E-state index in [4.69, 9.17) is 11.6 Å². The van der Waals surface area contributed by atoms with E-state index in [2.05, 4.69) is 10.1 Å². The number of esters is 1. The average molecular weight is 445 g/mol. The van der Waals surface area contributed by atoms with Crippen molar-refractivity contribution < 1.29 is 23.9 Å². The van der Waals surface area contributed by atoms with Gasteiger partial charge in [-0.1, -0.05) is 29.8 Å². The van der Waals surface area contributed by atoms with Gasteiger partial charge in [-0.25, -0.2) is 4.79 Å². The summed E-state index contributed by atoms with van der Waals surface area (Å²) >= 11 is 6.69. The highest BCUT2D eigenvalue weighted by Crippen LogP contribution is 2.32. The molecule has 1 heterocycles. The molecule has 0 radical (unpaired) electrons. The number of nitrogens with one attached hydrogen (secondary N) is 1. The molecule has 1 saturated heterocycles. The summed E-state index contributed by atoms with van der Waals surface area (Å²) in [4.78, 5) is 49.7. The molecular weight excluding hydrogens is 428 g/mol. The van der Waals surface area contributed by atoms with E-state index < -0.39 is 29.6 Å². The van der Waals surface area contributed by atoms with Crippen LogP contribution >= 0.6 is 23.4 Å². The summed E-state index contributed by atoms with van der Waals surface area (Å²) in [5, 5.41) is 2.59. The Hall–Kier alpha value is -3.10. The summed E-state index contributed by atoms with van der Waals surface area (Å²) < 4.78 is 4.64. The fraction of sp³-hybridized carbons (Fsp3) is 0.143. The smallest absolute Gasteiger partial charge is 0.337 e. The van der Waals surface area contributed by atoms with Gasteiger partial charge in [0, 0.05) is 10.7 Å². The van der Waals surface area contributed by atoms with Crippen LogP contribution in [-0.4, -0.2) is 41.6 Å². The van der Waals surface area contributed by atoms with E-state index in [-0.39, 0.29) is 4.91 Å². The van der Waals surface area contributed by atoms with Gasteiger partial charge in [0.15, 0.2) is 0 Å². The third-order valence-corrected chi connectivity index (χ3v) is 5.42. The highest BCUT2D eigenvalue weighted by atomic mass is 35.5. The Balaban J connectivity index is 1.69. The van der Waals surface area contributed by atoms with Crippen molar-refractivity contribution in [3.8, 4) is 0 Å². The summed E-state index contributed by atoms with van der Waals surface area (Å²) in [5.41, 5.74) is 2.32. The van der Waals surface area contributed by atoms with Crippen molar-refractivity contribution in [2.75, 3.05) is 19.0 Å². The number of nitrogens with zero attached hydrogens (tertiary/aromatic N) is 1. The van der Waals surface area contributed by atoms with Gasteiger partial charge < -0.3 is 10.1 Å². The van der Waals surface area contributed by atoms with Gasteiger partial charge in [0.1, 0.15) is 6.54 Å². The molecule has 30 heavy (non-hydrogen) atoms. The predicted molar refractivity (Wildman–Crippen MR) is 115 cm³/mol. The van der Waals surface area contributed by atoms with Gasteiger partial charge in [-0.2, -0.15) is 0 Å². The second-order valence-corrected chi connectivity index (χ2v) is 7.82. The van der Waals surface area contributed by atoms with E-state index >= 15 is 0 Å². The highest BCUT2D eigenvalue weighted by Gasteiger charge is 2.36. The molecule has 0 aromatic heterocycles. The van der Waals surface area contributed by atoms with Crippen LogP contribution in [0.15, 0.2) is 47.4 Å². The summed E-state index contributed by atoms with van der Waals surface area (Å²) in [5.74, 6) is -1.53. The maximum Gasteiger partial charge on any atom is 0.337 e. The summed E-state index contributed by atoms with van der Waals surface area (Å²) in [6, 6.07) is 11.4. The van der Waals surface area contributed by atoms with Crippen LogP contribution in [-0.2, 0) is 14.3 Å². The van der Waals surface area contributed by atoms with E-state index in [1.807, 2.05) is 0 Å². The molecule has 0 bridgehead atoms. The number of ether oxygens (including phenoxy) is 1. The van der Waals surface area contributed by atoms with E-state index in [0.717, 1.165) is 22.2 Å². The lowest BCUT2D eigenvalue weighted by atomic mass is 10.1. The zero-order chi connectivity index (χ0) is 21.8. The number of carbonyl (C=O) groups excluding carboxylic acids is 4. The lowest BCUT2D eigenvalue weighted by Gasteiger charge is -2.13. The molecule has 1 aliphatic heterocycles. The van der Waals surface area contributed by atoms with Crippen LogP contribution < -0.4 is 5.32 Å². The Morgan fingerprint density at radius 1 is 1.17 bits per heavy atom. The predicted octanol–water partition coefficient (Wildman–Crippen LogP) is 4.11. The Morgan fingerprint density at radius 2 is 1.87 bits per heavy atom. The molecule has 0 spiro atoms. The maximum atomic E-state index is 12.6. The summed E-state index contributed by atoms with van der Waals surface area (Å²) in [6.45, 7) is 1.40. The molecule has 2 aromatic carbocycles. The topological polar surface area (TPSA) is 92.8 Å². The van der Waals surface area contributed by atoms with Gasteiger partial charge >= 0.3 is 5.97 Å². The molecule has 0 saturated carbocycles. The number of halogens is 1. The normalized spacial score (nSPS) is 14.9. The summed E-state index contributed by atoms with van der Waals surface area (Å²) in [6.07, 6.45) is 1.53. The molecule has 154 valence electrons. The minimum Gasteiger partial charge on any atom is -0.465 e. The van der Waals surface area contributed by atoms with Gasteiger partial charge in [-0.15, -0.1) is 0 Å². The minimum atomic E-state index is -0.556. The van der Waals surface area contributed by atoms with Crippen molar-refractivity contribution >= 4 is 58.1 Å². The lowest BCUT2D eigenvalue weighted by Crippen LogP contribution is -2.36. The van der Waals surface area contributed by atoms with Crippen molar-refractivity contribution in [1.82, 2.24) is 4.90 Å². The van der Waals surface area contributed by atoms with Crippen molar-refractivity contribution in [1.29, 1.82) is 0 Å². The van der Waals surface area contributed by atoms with E-state index in [1.54, 1.807) is 49.4 Å². The molecule has 1 aliphatic rings. The van der Waals surface area contributed by atoms with Gasteiger partial charge in [0.05, 0.1) is 17.6 Å². The van der Waals surface area contributed by atoms with Gasteiger partial charge in [0.25, 0.3) is 11.1 Å². The van der Waals surface area contributed by atoms with E-state index in [0.29, 0.717) is 21.8 Å². The van der Waals surface area contributed by atoms with Crippen molar-refractivity contribution in [3.05, 3.63) is 69.1 Å². The van der Waals surface area contributed by atoms with Crippen LogP contribution in [0.2, 0.25) is 5.02 Å². The zero-order valence-corrected chi connectivity index (χ0v) is 17.7. The molecule has 9 heteroatoms. The standard InChI is InChI=1S/C21H17ClN2O5S/c1-12-3-8-15(22)10-16(12)23-18(25)11-24-19(26)17(30-21(24)28)9-13-4-6-14(7-5-13)20(27)29-2/h3-10H,11H2,1-2H3,(H,23,25)/b17-9+. The molecule has 1 N–H and O–H groups in total. The fourth-order valence-electron chi connectivity index (χ4n) is 2.68. The number of hydrogen-bond acceptors (Lipinski definition) is 6. The van der Waals surface area contributed by atoms with Gasteiger partial charge in [0.2, 0.25) is 5.91 Å². The Bertz CT molecular complexity index is 1070. The Morgan fingerprint density at radius 3 is 2.53 bits per heavy atom. The molecular formula is C21H17ClN2O5S. The first-order valence-electron chi connectivity index (χ1n) is 8.78. The van der Waals surface area contributed by atoms with Crippen molar-refractivity contribution in [2.24, 2.45) is 0 Å². The maximum absolute atomic E-state index is 12.6. The quantitative estimate of drug-likeness (QED) is 0.551. The first kappa shape index (κ1) is 21.6. The van der Waals surface area contributed by atoms with Gasteiger partial charge in [-0.05, 0) is 60.2 Å². The van der Waals surface area contributed by atoms with Gasteiger partial charge in [-0.3, -0.25) is 19.3 Å². The summed E-state index contributed by atoms with van der Waals surface area (Å²) in [7, 11) is 1.29. The highest BCUT2D eigenvalue weighted by molar-refractivity contribution is 8.18. The number of imide groups is 1. The SMILES string of the molecule is COC(=O)c1ccc(/C=C2/SC(=O)N(CC(=O)Nc3cc(Cl)ccc3C)C2=O)cc1. The second kappa shape index (κ2) is 9.15. The molecule has 0 aliphatic carbocycles. The molecule has 3 rings (SSSR count). The van der Waals surface area contributed by atoms with Crippen molar-refractivity contribution in [2.45, 2.75) is 6.92 Å². The van der Waals surface area contributed by atoms with Crippen LogP contribution in [0.4, 0.5) is 10.5 Å². The molecule has 7 nitrogen and oxygen atoms in total. The van der Waals surface area contributed by atoms with Crippen LogP contribution in [0.25, 0.3) is 6.08 Å². The van der Waals surface area contributed by atoms with Crippen LogP contribution in [0.5, 0.6) is 0 Å². The van der Waals surface area contributed by atoms with Crippen LogP contribution in [0.1, 0.15) is 21.5 Å². The second-order valence-electron chi connectivity index (χ2n) is 6.39. The number of anilines is 1. The number of hydrogen-bond donors (Lipinski definition) is 1. The zero-order valence-electron chi connectivity index (χ0n) is 16.1. The first-order chi connectivity index (χ1) is 14.3. The number of thioether (sulfide) groups is 1. The minimum absolute atomic E-state index is 0.192. The molecule has 3 amide bonds. The number of carbonyl (C=O) groups is 4. The van der Waals surface area contributed by atoms with E-state index in [9.17, 15) is 19.2 Å².